The molecule has 6 unspecified atom stereocenters. The molecule has 112 valence electrons. The van der Waals surface area contributed by atoms with Crippen molar-refractivity contribution in [3.05, 3.63) is 0 Å². The predicted molar refractivity (Wildman–Crippen MR) is 84.2 cm³/mol. The second-order valence-electron chi connectivity index (χ2n) is 7.55. The molecule has 0 bridgehead atoms. The molecule has 20 heavy (non-hydrogen) atoms. The molecule has 0 nitrogen and oxygen atoms in total. The molecule has 0 aromatic carbocycles. The van der Waals surface area contributed by atoms with Crippen LogP contribution in [-0.2, 0) is 0 Å². The van der Waals surface area contributed by atoms with E-state index in [0.29, 0.717) is 0 Å². The van der Waals surface area contributed by atoms with Gasteiger partial charge in [-0.2, -0.15) is 0 Å². The fraction of sp³-hybridized carbons (Fsp3) is 1.00. The molecule has 0 amide bonds. The number of hydrogen-bond acceptors (Lipinski definition) is 0. The largest absolute Gasteiger partial charge is 1.00 e. The summed E-state index contributed by atoms with van der Waals surface area (Å²) in [7, 11) is 0. The second kappa shape index (κ2) is 8.48. The maximum Gasteiger partial charge on any atom is 1.00 e. The van der Waals surface area contributed by atoms with E-state index in [1.807, 2.05) is 13.8 Å². The minimum absolute atomic E-state index is 0. The van der Waals surface area contributed by atoms with Gasteiger partial charge in [-0.05, 0) is 74.0 Å². The molecule has 0 aromatic rings. The number of hydrogen-bond donors (Lipinski definition) is 0. The van der Waals surface area contributed by atoms with Crippen LogP contribution < -0.4 is 51.4 Å². The maximum absolute atomic E-state index is 2.00. The Labute approximate surface area is 171 Å². The van der Waals surface area contributed by atoms with Crippen molar-refractivity contribution in [2.24, 2.45) is 35.5 Å². The van der Waals surface area contributed by atoms with Crippen molar-refractivity contribution in [2.45, 2.75) is 84.5 Å². The zero-order valence-electron chi connectivity index (χ0n) is 15.2. The molecule has 0 aromatic heterocycles. The first-order chi connectivity index (χ1) is 9.43. The van der Waals surface area contributed by atoms with Gasteiger partial charge < -0.3 is 1.43 Å². The monoisotopic (exact) mass is 302 g/mol. The van der Waals surface area contributed by atoms with Crippen LogP contribution in [0.2, 0.25) is 0 Å². The third-order valence-corrected chi connectivity index (χ3v) is 7.08. The van der Waals surface area contributed by atoms with Crippen molar-refractivity contribution in [1.82, 2.24) is 0 Å². The van der Waals surface area contributed by atoms with E-state index in [1.54, 1.807) is 70.6 Å². The average Bonchev–Trinajstić information content (AvgIpc) is 2.97. The molecule has 4 saturated carbocycles. The van der Waals surface area contributed by atoms with Crippen molar-refractivity contribution < 1.29 is 52.8 Å². The van der Waals surface area contributed by atoms with Gasteiger partial charge in [0.2, 0.25) is 0 Å². The van der Waals surface area contributed by atoms with Gasteiger partial charge in [-0.15, -0.1) is 0 Å². The summed E-state index contributed by atoms with van der Waals surface area (Å²) < 4.78 is 0. The Balaban J connectivity index is 0.000000531. The Morgan fingerprint density at radius 3 is 1.55 bits per heavy atom. The zero-order valence-corrected chi connectivity index (χ0v) is 17.4. The Hall–Kier alpha value is 1.64. The number of rotatable bonds is 0. The van der Waals surface area contributed by atoms with E-state index in [1.165, 1.54) is 23.7 Å². The fourth-order valence-electron chi connectivity index (χ4n) is 6.45. The van der Waals surface area contributed by atoms with Gasteiger partial charge in [-0.3, -0.25) is 0 Å². The van der Waals surface area contributed by atoms with Gasteiger partial charge in [0.1, 0.15) is 0 Å². The summed E-state index contributed by atoms with van der Waals surface area (Å²) >= 11 is 0. The van der Waals surface area contributed by atoms with Crippen molar-refractivity contribution in [3.63, 3.8) is 0 Å². The summed E-state index contributed by atoms with van der Waals surface area (Å²) in [5.74, 6) is 7.02. The molecule has 0 spiro atoms. The topological polar surface area (TPSA) is 0 Å². The van der Waals surface area contributed by atoms with Gasteiger partial charge in [-0.1, -0.05) is 46.0 Å². The normalized spacial score (nSPS) is 45.9. The molecule has 4 aliphatic rings. The van der Waals surface area contributed by atoms with Crippen molar-refractivity contribution in [1.29, 1.82) is 0 Å². The van der Waals surface area contributed by atoms with E-state index in [2.05, 4.69) is 0 Å². The summed E-state index contributed by atoms with van der Waals surface area (Å²) in [5, 5.41) is 0. The van der Waals surface area contributed by atoms with Crippen LogP contribution in [0.4, 0.5) is 0 Å². The van der Waals surface area contributed by atoms with Crippen molar-refractivity contribution in [2.75, 3.05) is 0 Å². The Morgan fingerprint density at radius 2 is 0.950 bits per heavy atom. The number of fused-ring (bicyclic) bond motifs is 5. The first-order valence-electron chi connectivity index (χ1n) is 9.43. The molecule has 0 radical (unpaired) electrons. The van der Waals surface area contributed by atoms with Crippen LogP contribution in [0.5, 0.6) is 0 Å². The molecule has 0 aliphatic heterocycles. The first-order valence-corrected chi connectivity index (χ1v) is 9.43. The standard InChI is InChI=1S/C17H28.C2H6.K.H/c1-2-6-14-12(4-1)8-10-17-15-7-3-5-13(15)9-11-16(14)17;1-2;;/h12-17H,1-11H2;1-2H3;;/q;;+1;-1. The molecule has 0 saturated heterocycles. The fourth-order valence-corrected chi connectivity index (χ4v) is 6.45. The van der Waals surface area contributed by atoms with Crippen LogP contribution >= 0.6 is 0 Å². The zero-order chi connectivity index (χ0) is 13.2. The van der Waals surface area contributed by atoms with Crippen LogP contribution in [0.3, 0.4) is 0 Å². The Kier molecular flexibility index (Phi) is 7.62. The van der Waals surface area contributed by atoms with Crippen LogP contribution in [-0.4, -0.2) is 0 Å². The Morgan fingerprint density at radius 1 is 0.500 bits per heavy atom. The van der Waals surface area contributed by atoms with Gasteiger partial charge in [0.05, 0.1) is 0 Å². The van der Waals surface area contributed by atoms with Crippen molar-refractivity contribution in [3.8, 4) is 0 Å². The van der Waals surface area contributed by atoms with Gasteiger partial charge in [0.25, 0.3) is 0 Å². The third kappa shape index (κ3) is 3.42. The van der Waals surface area contributed by atoms with Crippen LogP contribution in [0.25, 0.3) is 0 Å². The summed E-state index contributed by atoms with van der Waals surface area (Å²) in [6.07, 6.45) is 17.5. The molecule has 4 fully saturated rings. The smallest absolute Gasteiger partial charge is 1.00 e. The molecule has 0 heterocycles. The van der Waals surface area contributed by atoms with E-state index in [4.69, 9.17) is 0 Å². The predicted octanol–water partition coefficient (Wildman–Crippen LogP) is 3.17. The molecular weight excluding hydrogens is 267 g/mol. The summed E-state index contributed by atoms with van der Waals surface area (Å²) in [4.78, 5) is 0. The average molecular weight is 303 g/mol. The van der Waals surface area contributed by atoms with Gasteiger partial charge >= 0.3 is 51.4 Å². The second-order valence-corrected chi connectivity index (χ2v) is 7.55. The Bertz CT molecular complexity index is 293. The molecule has 1 heteroatoms. The minimum Gasteiger partial charge on any atom is -1.00 e. The van der Waals surface area contributed by atoms with Gasteiger partial charge in [0, 0.05) is 0 Å². The first kappa shape index (κ1) is 18.0. The van der Waals surface area contributed by atoms with Crippen LogP contribution in [0, 0.1) is 35.5 Å². The van der Waals surface area contributed by atoms with Crippen LogP contribution in [0.1, 0.15) is 85.9 Å². The molecule has 0 N–H and O–H groups in total. The summed E-state index contributed by atoms with van der Waals surface area (Å²) in [6.45, 7) is 4.00. The van der Waals surface area contributed by atoms with E-state index in [-0.39, 0.29) is 52.8 Å². The third-order valence-electron chi connectivity index (χ3n) is 7.08. The van der Waals surface area contributed by atoms with Crippen LogP contribution in [0.15, 0.2) is 0 Å². The van der Waals surface area contributed by atoms with Crippen molar-refractivity contribution >= 4 is 0 Å². The molecule has 6 atom stereocenters. The van der Waals surface area contributed by atoms with Gasteiger partial charge in [0.15, 0.2) is 0 Å². The quantitative estimate of drug-likeness (QED) is 0.603. The minimum atomic E-state index is 0. The van der Waals surface area contributed by atoms with E-state index in [9.17, 15) is 0 Å². The maximum atomic E-state index is 2.00. The van der Waals surface area contributed by atoms with Gasteiger partial charge in [-0.25, -0.2) is 0 Å². The van der Waals surface area contributed by atoms with E-state index < -0.39 is 0 Å². The van der Waals surface area contributed by atoms with E-state index in [0.717, 1.165) is 11.8 Å². The molecule has 4 rings (SSSR count). The molecular formula is C19H35K. The molecule has 4 aliphatic carbocycles. The summed E-state index contributed by atoms with van der Waals surface area (Å²) in [5.41, 5.74) is 0. The summed E-state index contributed by atoms with van der Waals surface area (Å²) in [6, 6.07) is 0. The van der Waals surface area contributed by atoms with E-state index >= 15 is 0 Å². The SMILES string of the molecule is C1CCC2C(C1)CCC1C3CCCC3CCC21.CC.[H-].[K+].